The second kappa shape index (κ2) is 5.84. The van der Waals surface area contributed by atoms with Gasteiger partial charge >= 0.3 is 0 Å². The van der Waals surface area contributed by atoms with Crippen LogP contribution in [-0.2, 0) is 0 Å². The van der Waals surface area contributed by atoms with Gasteiger partial charge in [0.1, 0.15) is 0 Å². The normalized spacial score (nSPS) is 21.0. The van der Waals surface area contributed by atoms with Gasteiger partial charge in [-0.1, -0.05) is 35.8 Å². The fraction of sp³-hybridized carbons (Fsp3) is 0.625. The number of hydrogen-bond acceptors (Lipinski definition) is 2. The molecule has 1 heterocycles. The molecule has 0 aliphatic carbocycles. The summed E-state index contributed by atoms with van der Waals surface area (Å²) in [5.41, 5.74) is 8.94. The lowest BCUT2D eigenvalue weighted by Gasteiger charge is -2.25. The number of rotatable bonds is 2. The lowest BCUT2D eigenvalue weighted by atomic mass is 9.85. The van der Waals surface area contributed by atoms with Crippen LogP contribution in [-0.4, -0.2) is 13.1 Å². The first-order chi connectivity index (χ1) is 8.89. The number of hydrogen-bond donors (Lipinski definition) is 1. The van der Waals surface area contributed by atoms with Crippen LogP contribution in [0.2, 0.25) is 0 Å². The molecule has 106 valence electrons. The van der Waals surface area contributed by atoms with Crippen LogP contribution in [0.4, 0.5) is 5.69 Å². The SMILES string of the molecule is CC(N)c1ccc(N2CCCC(C)(C)CC2)cc1Br. The Labute approximate surface area is 125 Å². The highest BCUT2D eigenvalue weighted by molar-refractivity contribution is 9.10. The van der Waals surface area contributed by atoms with Crippen LogP contribution in [0.5, 0.6) is 0 Å². The van der Waals surface area contributed by atoms with Gasteiger partial charge in [-0.05, 0) is 49.3 Å². The van der Waals surface area contributed by atoms with E-state index in [1.165, 1.54) is 30.5 Å². The zero-order valence-corrected chi connectivity index (χ0v) is 13.8. The van der Waals surface area contributed by atoms with Crippen molar-refractivity contribution in [3.8, 4) is 0 Å². The summed E-state index contributed by atoms with van der Waals surface area (Å²) < 4.78 is 1.13. The van der Waals surface area contributed by atoms with E-state index in [-0.39, 0.29) is 6.04 Å². The van der Waals surface area contributed by atoms with Crippen molar-refractivity contribution < 1.29 is 0 Å². The van der Waals surface area contributed by atoms with Crippen LogP contribution >= 0.6 is 15.9 Å². The third-order valence-corrected chi connectivity index (χ3v) is 4.87. The van der Waals surface area contributed by atoms with Crippen molar-refractivity contribution in [1.29, 1.82) is 0 Å². The van der Waals surface area contributed by atoms with Gasteiger partial charge in [0, 0.05) is 29.3 Å². The zero-order chi connectivity index (χ0) is 14.0. The number of anilines is 1. The average molecular weight is 325 g/mol. The van der Waals surface area contributed by atoms with E-state index in [1.807, 2.05) is 6.92 Å². The Hall–Kier alpha value is -0.540. The molecule has 0 bridgehead atoms. The molecule has 0 spiro atoms. The zero-order valence-electron chi connectivity index (χ0n) is 12.2. The van der Waals surface area contributed by atoms with Gasteiger partial charge in [-0.25, -0.2) is 0 Å². The lowest BCUT2D eigenvalue weighted by Crippen LogP contribution is -2.25. The molecule has 1 unspecified atom stereocenters. The highest BCUT2D eigenvalue weighted by Crippen LogP contribution is 2.33. The van der Waals surface area contributed by atoms with E-state index < -0.39 is 0 Å². The summed E-state index contributed by atoms with van der Waals surface area (Å²) in [6, 6.07) is 6.66. The smallest absolute Gasteiger partial charge is 0.0377 e. The Balaban J connectivity index is 2.16. The third kappa shape index (κ3) is 3.73. The Kier molecular flexibility index (Phi) is 4.57. The maximum absolute atomic E-state index is 5.96. The average Bonchev–Trinajstić information content (AvgIpc) is 2.49. The van der Waals surface area contributed by atoms with Gasteiger partial charge < -0.3 is 10.6 Å². The molecular formula is C16H25BrN2. The van der Waals surface area contributed by atoms with Gasteiger partial charge in [-0.2, -0.15) is 0 Å². The van der Waals surface area contributed by atoms with E-state index in [9.17, 15) is 0 Å². The molecule has 3 heteroatoms. The van der Waals surface area contributed by atoms with Crippen molar-refractivity contribution in [2.24, 2.45) is 11.1 Å². The van der Waals surface area contributed by atoms with E-state index in [2.05, 4.69) is 52.9 Å². The van der Waals surface area contributed by atoms with Crippen molar-refractivity contribution in [2.75, 3.05) is 18.0 Å². The van der Waals surface area contributed by atoms with Crippen LogP contribution in [0.25, 0.3) is 0 Å². The van der Waals surface area contributed by atoms with Crippen LogP contribution in [0, 0.1) is 5.41 Å². The van der Waals surface area contributed by atoms with Gasteiger partial charge in [0.2, 0.25) is 0 Å². The summed E-state index contributed by atoms with van der Waals surface area (Å²) >= 11 is 3.65. The molecule has 1 saturated heterocycles. The summed E-state index contributed by atoms with van der Waals surface area (Å²) in [4.78, 5) is 2.50. The maximum atomic E-state index is 5.96. The molecule has 19 heavy (non-hydrogen) atoms. The lowest BCUT2D eigenvalue weighted by molar-refractivity contribution is 0.325. The molecule has 0 radical (unpaired) electrons. The monoisotopic (exact) mass is 324 g/mol. The van der Waals surface area contributed by atoms with Crippen LogP contribution in [0.15, 0.2) is 22.7 Å². The second-order valence-corrected chi connectivity index (χ2v) is 7.35. The predicted molar refractivity (Wildman–Crippen MR) is 86.6 cm³/mol. The molecule has 0 amide bonds. The van der Waals surface area contributed by atoms with E-state index in [4.69, 9.17) is 5.73 Å². The Morgan fingerprint density at radius 2 is 2.00 bits per heavy atom. The van der Waals surface area contributed by atoms with Crippen molar-refractivity contribution >= 4 is 21.6 Å². The summed E-state index contributed by atoms with van der Waals surface area (Å²) in [6.07, 6.45) is 3.86. The third-order valence-electron chi connectivity index (χ3n) is 4.18. The van der Waals surface area contributed by atoms with Crippen LogP contribution in [0.1, 0.15) is 51.6 Å². The van der Waals surface area contributed by atoms with Crippen molar-refractivity contribution in [3.05, 3.63) is 28.2 Å². The molecule has 2 nitrogen and oxygen atoms in total. The number of benzene rings is 1. The standard InChI is InChI=1S/C16H25BrN2/c1-12(18)14-6-5-13(11-15(14)17)19-9-4-7-16(2,3)8-10-19/h5-6,11-12H,4,7-10,18H2,1-3H3. The van der Waals surface area contributed by atoms with Gasteiger partial charge in [0.05, 0.1) is 0 Å². The van der Waals surface area contributed by atoms with E-state index in [0.717, 1.165) is 17.6 Å². The van der Waals surface area contributed by atoms with Crippen LogP contribution < -0.4 is 10.6 Å². The van der Waals surface area contributed by atoms with Crippen LogP contribution in [0.3, 0.4) is 0 Å². The molecule has 1 aliphatic rings. The Morgan fingerprint density at radius 3 is 2.63 bits per heavy atom. The van der Waals surface area contributed by atoms with Crippen molar-refractivity contribution in [3.63, 3.8) is 0 Å². The minimum atomic E-state index is 0.0755. The van der Waals surface area contributed by atoms with Gasteiger partial charge in [0.15, 0.2) is 0 Å². The molecular weight excluding hydrogens is 300 g/mol. The molecule has 1 atom stereocenters. The number of halogens is 1. The summed E-state index contributed by atoms with van der Waals surface area (Å²) in [5, 5.41) is 0. The second-order valence-electron chi connectivity index (χ2n) is 6.50. The molecule has 1 aromatic carbocycles. The largest absolute Gasteiger partial charge is 0.371 e. The highest BCUT2D eigenvalue weighted by Gasteiger charge is 2.23. The molecule has 1 fully saturated rings. The topological polar surface area (TPSA) is 29.3 Å². The first-order valence-corrected chi connectivity index (χ1v) is 7.98. The maximum Gasteiger partial charge on any atom is 0.0377 e. The quantitative estimate of drug-likeness (QED) is 0.868. The van der Waals surface area contributed by atoms with E-state index in [0.29, 0.717) is 5.41 Å². The van der Waals surface area contributed by atoms with E-state index in [1.54, 1.807) is 0 Å². The van der Waals surface area contributed by atoms with E-state index >= 15 is 0 Å². The summed E-state index contributed by atoms with van der Waals surface area (Å²) in [6.45, 7) is 9.09. The van der Waals surface area contributed by atoms with Crippen molar-refractivity contribution in [1.82, 2.24) is 0 Å². The first kappa shape index (κ1) is 14.9. The molecule has 1 aromatic rings. The van der Waals surface area contributed by atoms with Gasteiger partial charge in [0.25, 0.3) is 0 Å². The van der Waals surface area contributed by atoms with Gasteiger partial charge in [-0.15, -0.1) is 0 Å². The number of nitrogens with two attached hydrogens (primary N) is 1. The summed E-state index contributed by atoms with van der Waals surface area (Å²) in [7, 11) is 0. The Morgan fingerprint density at radius 1 is 1.26 bits per heavy atom. The minimum Gasteiger partial charge on any atom is -0.371 e. The fourth-order valence-corrected chi connectivity index (χ4v) is 3.49. The molecule has 2 N–H and O–H groups in total. The predicted octanol–water partition coefficient (Wildman–Crippen LogP) is 4.49. The molecule has 2 rings (SSSR count). The molecule has 1 aliphatic heterocycles. The summed E-state index contributed by atoms with van der Waals surface area (Å²) in [5.74, 6) is 0. The molecule has 0 saturated carbocycles. The van der Waals surface area contributed by atoms with Crippen molar-refractivity contribution in [2.45, 2.75) is 46.1 Å². The fourth-order valence-electron chi connectivity index (χ4n) is 2.76. The minimum absolute atomic E-state index is 0.0755. The molecule has 0 aromatic heterocycles. The Bertz CT molecular complexity index is 440. The highest BCUT2D eigenvalue weighted by atomic mass is 79.9. The first-order valence-electron chi connectivity index (χ1n) is 7.19. The van der Waals surface area contributed by atoms with Gasteiger partial charge in [-0.3, -0.25) is 0 Å². The number of nitrogens with zero attached hydrogens (tertiary/aromatic N) is 1.